The van der Waals surface area contributed by atoms with Crippen molar-refractivity contribution in [3.63, 3.8) is 0 Å². The molecule has 3 aromatic rings. The Morgan fingerprint density at radius 1 is 0.467 bits per heavy atom. The van der Waals surface area contributed by atoms with Crippen LogP contribution in [0.5, 0.6) is 0 Å². The van der Waals surface area contributed by atoms with Crippen LogP contribution in [0.3, 0.4) is 0 Å². The van der Waals surface area contributed by atoms with E-state index in [-0.39, 0.29) is 93.3 Å². The normalized spacial score (nSPS) is 14.3. The van der Waals surface area contributed by atoms with Crippen molar-refractivity contribution in [1.29, 1.82) is 0 Å². The van der Waals surface area contributed by atoms with E-state index in [0.717, 1.165) is 0 Å². The molecule has 6 heteroatoms. The summed E-state index contributed by atoms with van der Waals surface area (Å²) in [6.45, 7) is 0. The fourth-order valence-electron chi connectivity index (χ4n) is 3.83. The van der Waals surface area contributed by atoms with E-state index in [1.54, 1.807) is 72.8 Å². The predicted octanol–water partition coefficient (Wildman–Crippen LogP) is -3.46. The second-order valence-corrected chi connectivity index (χ2v) is 6.74. The molecule has 0 amide bonds. The Morgan fingerprint density at radius 3 is 1.07 bits per heavy atom. The summed E-state index contributed by atoms with van der Waals surface area (Å²) < 4.78 is 0. The van der Waals surface area contributed by atoms with Gasteiger partial charge in [-0.2, -0.15) is 0 Å². The average molecular weight is 410 g/mol. The van der Waals surface area contributed by atoms with Gasteiger partial charge in [0.05, 0.1) is 0 Å². The monoisotopic (exact) mass is 410 g/mol. The van der Waals surface area contributed by atoms with Gasteiger partial charge in [-0.25, -0.2) is 0 Å². The largest absolute Gasteiger partial charge is 1.00 e. The van der Waals surface area contributed by atoms with Crippen LogP contribution in [0.2, 0.25) is 0 Å². The van der Waals surface area contributed by atoms with Crippen LogP contribution in [0.1, 0.15) is 43.0 Å². The van der Waals surface area contributed by atoms with Crippen LogP contribution >= 0.6 is 0 Å². The van der Waals surface area contributed by atoms with Gasteiger partial charge in [-0.05, 0) is 22.3 Å². The van der Waals surface area contributed by atoms with Crippen LogP contribution in [-0.2, 0) is 0 Å². The second-order valence-electron chi connectivity index (χ2n) is 6.74. The molecule has 4 nitrogen and oxygen atoms in total. The van der Waals surface area contributed by atoms with Gasteiger partial charge in [-0.15, -0.1) is 0 Å². The van der Waals surface area contributed by atoms with Gasteiger partial charge in [0.15, 0.2) is 11.6 Å². The molecule has 5 rings (SSSR count). The number of rotatable bonds is 2. The van der Waals surface area contributed by atoms with E-state index >= 15 is 0 Å². The summed E-state index contributed by atoms with van der Waals surface area (Å²) in [6.07, 6.45) is 0. The summed E-state index contributed by atoms with van der Waals surface area (Å²) in [6, 6.07) is 19.9. The Hall–Kier alpha value is -1.92. The first kappa shape index (κ1) is 22.8. The van der Waals surface area contributed by atoms with Crippen molar-refractivity contribution in [1.82, 2.24) is 0 Å². The van der Waals surface area contributed by atoms with Gasteiger partial charge >= 0.3 is 59.1 Å². The first-order valence-corrected chi connectivity index (χ1v) is 8.79. The fourth-order valence-corrected chi connectivity index (χ4v) is 3.83. The molecule has 30 heavy (non-hydrogen) atoms. The van der Waals surface area contributed by atoms with Gasteiger partial charge in [-0.3, -0.25) is 9.59 Å². The van der Waals surface area contributed by atoms with E-state index in [0.29, 0.717) is 33.4 Å². The number of allylic oxidation sites excluding steroid dienone is 2. The van der Waals surface area contributed by atoms with Crippen molar-refractivity contribution in [2.24, 2.45) is 0 Å². The Labute approximate surface area is 217 Å². The third kappa shape index (κ3) is 3.34. The van der Waals surface area contributed by atoms with Crippen molar-refractivity contribution >= 4 is 34.2 Å². The minimum absolute atomic E-state index is 0. The molecule has 0 saturated carbocycles. The summed E-state index contributed by atoms with van der Waals surface area (Å²) in [5.74, 6) is -1.22. The molecule has 0 N–H and O–H groups in total. The first-order valence-electron chi connectivity index (χ1n) is 8.79. The third-order valence-corrected chi connectivity index (χ3v) is 5.20. The zero-order chi connectivity index (χ0) is 19.4. The minimum Gasteiger partial charge on any atom is -0.872 e. The van der Waals surface area contributed by atoms with Crippen molar-refractivity contribution in [2.75, 3.05) is 0 Å². The van der Waals surface area contributed by atoms with E-state index in [4.69, 9.17) is 0 Å². The van der Waals surface area contributed by atoms with Crippen molar-refractivity contribution in [3.8, 4) is 0 Å². The minimum atomic E-state index is -0.304. The van der Waals surface area contributed by atoms with Gasteiger partial charge in [0, 0.05) is 22.3 Å². The topological polar surface area (TPSA) is 80.3 Å². The maximum Gasteiger partial charge on any atom is 1.00 e. The molecule has 2 aliphatic carbocycles. The van der Waals surface area contributed by atoms with E-state index in [1.807, 2.05) is 0 Å². The third-order valence-electron chi connectivity index (χ3n) is 5.20. The van der Waals surface area contributed by atoms with Crippen LogP contribution in [-0.4, -0.2) is 11.6 Å². The molecule has 0 bridgehead atoms. The van der Waals surface area contributed by atoms with Crippen LogP contribution in [0.4, 0.5) is 0 Å². The maximum absolute atomic E-state index is 12.6. The Bertz CT molecular complexity index is 1160. The first-order chi connectivity index (χ1) is 13.6. The van der Waals surface area contributed by atoms with E-state index in [1.165, 1.54) is 0 Å². The summed E-state index contributed by atoms with van der Waals surface area (Å²) >= 11 is 0. The molecule has 0 aromatic heterocycles. The molecule has 0 unspecified atom stereocenters. The zero-order valence-corrected chi connectivity index (χ0v) is 20.6. The molecule has 0 heterocycles. The number of ketones is 2. The molecule has 134 valence electrons. The summed E-state index contributed by atoms with van der Waals surface area (Å²) in [4.78, 5) is 25.3. The molecule has 0 radical (unpaired) electrons. The Morgan fingerprint density at radius 2 is 0.767 bits per heavy atom. The van der Waals surface area contributed by atoms with Crippen LogP contribution < -0.4 is 69.3 Å². The van der Waals surface area contributed by atoms with E-state index < -0.39 is 0 Å². The van der Waals surface area contributed by atoms with E-state index in [9.17, 15) is 19.8 Å². The predicted molar refractivity (Wildman–Crippen MR) is 102 cm³/mol. The molecule has 3 aromatic carbocycles. The van der Waals surface area contributed by atoms with Gasteiger partial charge in [-0.1, -0.05) is 84.3 Å². The Kier molecular flexibility index (Phi) is 6.58. The number of hydrogen-bond donors (Lipinski definition) is 0. The zero-order valence-electron chi connectivity index (χ0n) is 16.6. The quantitative estimate of drug-likeness (QED) is 0.412. The molecule has 0 spiro atoms. The summed E-state index contributed by atoms with van der Waals surface area (Å²) in [5.41, 5.74) is 2.79. The SMILES string of the molecule is O=C1C(c2ccc(C3=C([O-])c4ccccc4C3=O)cc2)=C([O-])c2ccccc21.[Na+].[Na+]. The number of fused-ring (bicyclic) bond motifs is 2. The van der Waals surface area contributed by atoms with Crippen LogP contribution in [0.25, 0.3) is 22.7 Å². The molecule has 0 saturated heterocycles. The fraction of sp³-hybridized carbons (Fsp3) is 0. The number of carbonyl (C=O) groups excluding carboxylic acids is 2. The van der Waals surface area contributed by atoms with Crippen molar-refractivity contribution < 1.29 is 78.9 Å². The summed E-state index contributed by atoms with van der Waals surface area (Å²) in [5, 5.41) is 25.3. The van der Waals surface area contributed by atoms with Crippen LogP contribution in [0.15, 0.2) is 72.8 Å². The number of benzene rings is 3. The maximum atomic E-state index is 12.6. The molecule has 0 fully saturated rings. The smallest absolute Gasteiger partial charge is 0.872 e. The van der Waals surface area contributed by atoms with Gasteiger partial charge in [0.25, 0.3) is 0 Å². The molecule has 0 atom stereocenters. The van der Waals surface area contributed by atoms with Gasteiger partial charge < -0.3 is 10.2 Å². The molecular formula is C24H12Na2O4. The number of carbonyl (C=O) groups is 2. The van der Waals surface area contributed by atoms with Crippen molar-refractivity contribution in [3.05, 3.63) is 106 Å². The molecule has 2 aliphatic rings. The molecular weight excluding hydrogens is 398 g/mol. The second kappa shape index (κ2) is 8.67. The molecule has 0 aliphatic heterocycles. The summed E-state index contributed by atoms with van der Waals surface area (Å²) in [7, 11) is 0. The van der Waals surface area contributed by atoms with Gasteiger partial charge in [0.1, 0.15) is 0 Å². The number of hydrogen-bond acceptors (Lipinski definition) is 4. The van der Waals surface area contributed by atoms with E-state index in [2.05, 4.69) is 0 Å². The van der Waals surface area contributed by atoms with Crippen molar-refractivity contribution in [2.45, 2.75) is 0 Å². The van der Waals surface area contributed by atoms with Crippen LogP contribution in [0, 0.1) is 0 Å². The standard InChI is InChI=1S/C24H14O4.2Na/c25-21-15-5-1-2-6-16(15)22(26)19(21)13-9-11-14(12-10-13)20-23(27)17-7-3-4-8-18(17)24(20)28;;/h1-12,25,27H;;/q;2*+1/p-2. The Balaban J connectivity index is 0.00000128. The average Bonchev–Trinajstić information content (AvgIpc) is 3.14. The number of Topliss-reactive ketones (excluding diaryl/α,β-unsaturated/α-hetero) is 2. The van der Waals surface area contributed by atoms with Gasteiger partial charge in [0.2, 0.25) is 0 Å².